The van der Waals surface area contributed by atoms with Crippen molar-refractivity contribution in [2.45, 2.75) is 24.4 Å². The average molecular weight is 179 g/mol. The van der Waals surface area contributed by atoms with E-state index in [4.69, 9.17) is 5.73 Å². The van der Waals surface area contributed by atoms with Crippen LogP contribution in [0.2, 0.25) is 0 Å². The van der Waals surface area contributed by atoms with Crippen LogP contribution in [0.15, 0.2) is 18.5 Å². The van der Waals surface area contributed by atoms with Crippen molar-refractivity contribution in [2.24, 2.45) is 5.73 Å². The smallest absolute Gasteiger partial charge is 0.135 e. The Morgan fingerprint density at radius 1 is 1.46 bits per heavy atom. The van der Waals surface area contributed by atoms with Crippen molar-refractivity contribution < 1.29 is 5.11 Å². The van der Waals surface area contributed by atoms with E-state index >= 15 is 0 Å². The topological polar surface area (TPSA) is 72.0 Å². The van der Waals surface area contributed by atoms with Gasteiger partial charge in [-0.3, -0.25) is 0 Å². The molecule has 13 heavy (non-hydrogen) atoms. The Kier molecular flexibility index (Phi) is 2.01. The molecule has 0 saturated heterocycles. The van der Waals surface area contributed by atoms with Crippen LogP contribution in [-0.2, 0) is 5.41 Å². The van der Waals surface area contributed by atoms with Crippen molar-refractivity contribution in [3.63, 3.8) is 0 Å². The largest absolute Gasteiger partial charge is 0.393 e. The first kappa shape index (κ1) is 8.59. The van der Waals surface area contributed by atoms with Gasteiger partial charge in [-0.15, -0.1) is 0 Å². The zero-order valence-electron chi connectivity index (χ0n) is 7.35. The van der Waals surface area contributed by atoms with E-state index in [-0.39, 0.29) is 11.5 Å². The molecule has 1 fully saturated rings. The molecule has 3 N–H and O–H groups in total. The minimum Gasteiger partial charge on any atom is -0.393 e. The highest BCUT2D eigenvalue weighted by Gasteiger charge is 2.45. The van der Waals surface area contributed by atoms with Gasteiger partial charge in [0.1, 0.15) is 5.82 Å². The molecule has 1 aromatic rings. The number of aliphatic hydroxyl groups excluding tert-OH is 1. The van der Waals surface area contributed by atoms with Crippen molar-refractivity contribution in [1.29, 1.82) is 0 Å². The molecule has 0 radical (unpaired) electrons. The third-order valence-corrected chi connectivity index (χ3v) is 2.68. The molecule has 1 heterocycles. The number of aromatic nitrogens is 2. The molecule has 1 aliphatic rings. The van der Waals surface area contributed by atoms with Crippen LogP contribution < -0.4 is 5.73 Å². The van der Waals surface area contributed by atoms with Crippen molar-refractivity contribution in [1.82, 2.24) is 9.97 Å². The highest BCUT2D eigenvalue weighted by atomic mass is 16.3. The number of aliphatic hydroxyl groups is 1. The molecule has 0 amide bonds. The lowest BCUT2D eigenvalue weighted by Crippen LogP contribution is -2.50. The van der Waals surface area contributed by atoms with Crippen molar-refractivity contribution >= 4 is 0 Å². The first-order chi connectivity index (χ1) is 6.27. The van der Waals surface area contributed by atoms with Crippen LogP contribution in [0.4, 0.5) is 0 Å². The summed E-state index contributed by atoms with van der Waals surface area (Å²) in [5.74, 6) is 0.766. The van der Waals surface area contributed by atoms with Gasteiger partial charge in [0.25, 0.3) is 0 Å². The average Bonchev–Trinajstić information content (AvgIpc) is 2.14. The summed E-state index contributed by atoms with van der Waals surface area (Å²) in [6, 6.07) is 1.78. The van der Waals surface area contributed by atoms with E-state index in [0.29, 0.717) is 19.4 Å². The number of hydrogen-bond donors (Lipinski definition) is 2. The summed E-state index contributed by atoms with van der Waals surface area (Å²) >= 11 is 0. The van der Waals surface area contributed by atoms with Crippen LogP contribution in [-0.4, -0.2) is 27.7 Å². The third kappa shape index (κ3) is 1.32. The zero-order valence-corrected chi connectivity index (χ0v) is 7.35. The minimum atomic E-state index is -0.229. The van der Waals surface area contributed by atoms with E-state index in [2.05, 4.69) is 9.97 Å². The standard InChI is InChI=1S/C9H13N3O/c10-6-9(4-7(13)5-9)8-11-2-1-3-12-8/h1-3,7,13H,4-6,10H2. The molecule has 0 aromatic carbocycles. The van der Waals surface area contributed by atoms with Gasteiger partial charge < -0.3 is 10.8 Å². The maximum absolute atomic E-state index is 9.26. The lowest BCUT2D eigenvalue weighted by atomic mass is 9.66. The van der Waals surface area contributed by atoms with Crippen LogP contribution in [0.1, 0.15) is 18.7 Å². The van der Waals surface area contributed by atoms with Crippen LogP contribution in [0, 0.1) is 0 Å². The minimum absolute atomic E-state index is 0.166. The fraction of sp³-hybridized carbons (Fsp3) is 0.556. The monoisotopic (exact) mass is 179 g/mol. The van der Waals surface area contributed by atoms with Gasteiger partial charge in [0.2, 0.25) is 0 Å². The van der Waals surface area contributed by atoms with Gasteiger partial charge >= 0.3 is 0 Å². The van der Waals surface area contributed by atoms with E-state index in [0.717, 1.165) is 5.82 Å². The number of hydrogen-bond acceptors (Lipinski definition) is 4. The first-order valence-electron chi connectivity index (χ1n) is 4.42. The Bertz CT molecular complexity index is 282. The Morgan fingerprint density at radius 3 is 2.54 bits per heavy atom. The van der Waals surface area contributed by atoms with Gasteiger partial charge in [-0.2, -0.15) is 0 Å². The van der Waals surface area contributed by atoms with Gasteiger partial charge in [-0.1, -0.05) is 0 Å². The Balaban J connectivity index is 2.24. The molecule has 4 heteroatoms. The van der Waals surface area contributed by atoms with E-state index in [9.17, 15) is 5.11 Å². The van der Waals surface area contributed by atoms with Gasteiger partial charge in [0, 0.05) is 24.4 Å². The number of nitrogens with two attached hydrogens (primary N) is 1. The van der Waals surface area contributed by atoms with Gasteiger partial charge in [0.05, 0.1) is 6.10 Å². The summed E-state index contributed by atoms with van der Waals surface area (Å²) in [6.45, 7) is 0.508. The van der Waals surface area contributed by atoms with Crippen LogP contribution in [0.3, 0.4) is 0 Å². The second kappa shape index (κ2) is 3.05. The molecule has 1 aromatic heterocycles. The predicted octanol–water partition coefficient (Wildman–Crippen LogP) is -0.172. The second-order valence-corrected chi connectivity index (χ2v) is 3.62. The Hall–Kier alpha value is -1.00. The molecular weight excluding hydrogens is 166 g/mol. The number of rotatable bonds is 2. The van der Waals surface area contributed by atoms with Crippen LogP contribution >= 0.6 is 0 Å². The summed E-state index contributed by atoms with van der Waals surface area (Å²) < 4.78 is 0. The first-order valence-corrected chi connectivity index (χ1v) is 4.42. The van der Waals surface area contributed by atoms with Crippen molar-refractivity contribution in [2.75, 3.05) is 6.54 Å². The number of nitrogens with zero attached hydrogens (tertiary/aromatic N) is 2. The molecule has 70 valence electrons. The summed E-state index contributed by atoms with van der Waals surface area (Å²) in [6.07, 6.45) is 4.57. The van der Waals surface area contributed by atoms with E-state index in [1.165, 1.54) is 0 Å². The van der Waals surface area contributed by atoms with Crippen molar-refractivity contribution in [3.8, 4) is 0 Å². The van der Waals surface area contributed by atoms with Crippen LogP contribution in [0.25, 0.3) is 0 Å². The van der Waals surface area contributed by atoms with E-state index in [1.54, 1.807) is 18.5 Å². The normalized spacial score (nSPS) is 32.6. The molecular formula is C9H13N3O. The predicted molar refractivity (Wildman–Crippen MR) is 48.0 cm³/mol. The fourth-order valence-electron chi connectivity index (χ4n) is 1.86. The summed E-state index contributed by atoms with van der Waals surface area (Å²) in [4.78, 5) is 8.35. The molecule has 2 rings (SSSR count). The van der Waals surface area contributed by atoms with E-state index < -0.39 is 0 Å². The molecule has 1 aliphatic carbocycles. The molecule has 0 unspecified atom stereocenters. The Morgan fingerprint density at radius 2 is 2.08 bits per heavy atom. The maximum atomic E-state index is 9.26. The molecule has 0 aliphatic heterocycles. The van der Waals surface area contributed by atoms with Gasteiger partial charge in [0.15, 0.2) is 0 Å². The molecule has 0 bridgehead atoms. The summed E-state index contributed by atoms with van der Waals surface area (Å²) in [5, 5.41) is 9.26. The van der Waals surface area contributed by atoms with Gasteiger partial charge in [-0.25, -0.2) is 9.97 Å². The van der Waals surface area contributed by atoms with Gasteiger partial charge in [-0.05, 0) is 18.9 Å². The fourth-order valence-corrected chi connectivity index (χ4v) is 1.86. The molecule has 0 spiro atoms. The van der Waals surface area contributed by atoms with Crippen molar-refractivity contribution in [3.05, 3.63) is 24.3 Å². The third-order valence-electron chi connectivity index (χ3n) is 2.68. The summed E-state index contributed by atoms with van der Waals surface area (Å²) in [7, 11) is 0. The SMILES string of the molecule is NCC1(c2ncccn2)CC(O)C1. The Labute approximate surface area is 76.8 Å². The quantitative estimate of drug-likeness (QED) is 0.661. The highest BCUT2D eigenvalue weighted by molar-refractivity contribution is 5.16. The lowest BCUT2D eigenvalue weighted by molar-refractivity contribution is 0.0177. The zero-order chi connectivity index (χ0) is 9.31. The molecule has 1 saturated carbocycles. The maximum Gasteiger partial charge on any atom is 0.135 e. The van der Waals surface area contributed by atoms with E-state index in [1.807, 2.05) is 0 Å². The second-order valence-electron chi connectivity index (χ2n) is 3.62. The lowest BCUT2D eigenvalue weighted by Gasteiger charge is -2.43. The summed E-state index contributed by atoms with van der Waals surface area (Å²) in [5.41, 5.74) is 5.51. The molecule has 4 nitrogen and oxygen atoms in total. The highest BCUT2D eigenvalue weighted by Crippen LogP contribution is 2.40. The molecule has 0 atom stereocenters. The van der Waals surface area contributed by atoms with Crippen LogP contribution in [0.5, 0.6) is 0 Å².